The Bertz CT molecular complexity index is 460. The fourth-order valence-corrected chi connectivity index (χ4v) is 3.60. The molecule has 0 radical (unpaired) electrons. The highest BCUT2D eigenvalue weighted by Crippen LogP contribution is 2.42. The van der Waals surface area contributed by atoms with Crippen LogP contribution in [0.5, 0.6) is 0 Å². The molecule has 1 aliphatic carbocycles. The third-order valence-corrected chi connectivity index (χ3v) is 4.76. The predicted octanol–water partition coefficient (Wildman–Crippen LogP) is 4.26. The summed E-state index contributed by atoms with van der Waals surface area (Å²) < 4.78 is 5.99. The number of hydrogen-bond acceptors (Lipinski definition) is 2. The minimum Gasteiger partial charge on any atom is -0.375 e. The third-order valence-electron chi connectivity index (χ3n) is 4.51. The number of carbonyl (C=O) groups is 1. The lowest BCUT2D eigenvalue weighted by atomic mass is 9.81. The van der Waals surface area contributed by atoms with Gasteiger partial charge in [-0.25, -0.2) is 0 Å². The molecule has 0 aromatic heterocycles. The molecule has 1 unspecified atom stereocenters. The Labute approximate surface area is 119 Å². The van der Waals surface area contributed by atoms with Crippen LogP contribution in [0.4, 0.5) is 0 Å². The zero-order valence-corrected chi connectivity index (χ0v) is 11.8. The Morgan fingerprint density at radius 2 is 1.89 bits per heavy atom. The summed E-state index contributed by atoms with van der Waals surface area (Å²) in [5, 5.41) is 0.677. The van der Waals surface area contributed by atoms with Gasteiger partial charge in [-0.05, 0) is 49.9 Å². The van der Waals surface area contributed by atoms with Crippen molar-refractivity contribution in [1.82, 2.24) is 0 Å². The number of carbonyl (C=O) groups excluding carboxylic acids is 1. The van der Waals surface area contributed by atoms with Crippen LogP contribution in [0.1, 0.15) is 48.9 Å². The van der Waals surface area contributed by atoms with E-state index in [2.05, 4.69) is 0 Å². The van der Waals surface area contributed by atoms with Crippen molar-refractivity contribution < 1.29 is 9.53 Å². The maximum atomic E-state index is 12.6. The van der Waals surface area contributed by atoms with Crippen molar-refractivity contribution in [3.8, 4) is 0 Å². The average molecular weight is 279 g/mol. The van der Waals surface area contributed by atoms with E-state index in [1.54, 1.807) is 12.1 Å². The molecule has 1 spiro atoms. The molecule has 1 aliphatic heterocycles. The summed E-state index contributed by atoms with van der Waals surface area (Å²) in [6.07, 6.45) is 6.47. The van der Waals surface area contributed by atoms with Crippen molar-refractivity contribution in [3.05, 3.63) is 34.9 Å². The second-order valence-electron chi connectivity index (χ2n) is 5.80. The molecule has 0 N–H and O–H groups in total. The van der Waals surface area contributed by atoms with Gasteiger partial charge < -0.3 is 4.74 Å². The summed E-state index contributed by atoms with van der Waals surface area (Å²) in [4.78, 5) is 12.6. The fraction of sp³-hybridized carbons (Fsp3) is 0.562. The van der Waals surface area contributed by atoms with E-state index in [1.165, 1.54) is 12.8 Å². The predicted molar refractivity (Wildman–Crippen MR) is 75.7 cm³/mol. The lowest BCUT2D eigenvalue weighted by molar-refractivity contribution is -0.0866. The Morgan fingerprint density at radius 3 is 2.58 bits per heavy atom. The van der Waals surface area contributed by atoms with E-state index in [-0.39, 0.29) is 17.3 Å². The molecule has 0 amide bonds. The highest BCUT2D eigenvalue weighted by Gasteiger charge is 2.41. The van der Waals surface area contributed by atoms with Gasteiger partial charge in [0.2, 0.25) is 0 Å². The Morgan fingerprint density at radius 1 is 1.21 bits per heavy atom. The molecule has 1 saturated heterocycles. The summed E-state index contributed by atoms with van der Waals surface area (Å²) >= 11 is 5.87. The minimum absolute atomic E-state index is 0.00496. The monoisotopic (exact) mass is 278 g/mol. The van der Waals surface area contributed by atoms with Crippen LogP contribution in [0.15, 0.2) is 24.3 Å². The van der Waals surface area contributed by atoms with Gasteiger partial charge in [0.1, 0.15) is 0 Å². The van der Waals surface area contributed by atoms with Gasteiger partial charge in [0.05, 0.1) is 5.60 Å². The normalized spacial score (nSPS) is 25.6. The quantitative estimate of drug-likeness (QED) is 0.756. The van der Waals surface area contributed by atoms with E-state index in [0.717, 1.165) is 37.9 Å². The van der Waals surface area contributed by atoms with Gasteiger partial charge in [-0.15, -0.1) is 0 Å². The second-order valence-corrected chi connectivity index (χ2v) is 6.24. The molecule has 19 heavy (non-hydrogen) atoms. The Kier molecular flexibility index (Phi) is 3.64. The number of Topliss-reactive ketones (excluding diaryl/α,β-unsaturated/α-hetero) is 1. The van der Waals surface area contributed by atoms with Gasteiger partial charge >= 0.3 is 0 Å². The highest BCUT2D eigenvalue weighted by molar-refractivity contribution is 6.30. The van der Waals surface area contributed by atoms with Crippen LogP contribution in [0.3, 0.4) is 0 Å². The summed E-state index contributed by atoms with van der Waals surface area (Å²) in [7, 11) is 0. The van der Waals surface area contributed by atoms with Crippen molar-refractivity contribution in [3.63, 3.8) is 0 Å². The molecule has 1 atom stereocenters. The van der Waals surface area contributed by atoms with Gasteiger partial charge in [-0.1, -0.05) is 24.4 Å². The van der Waals surface area contributed by atoms with Crippen LogP contribution in [0.25, 0.3) is 0 Å². The van der Waals surface area contributed by atoms with Crippen LogP contribution in [-0.2, 0) is 4.74 Å². The number of ether oxygens (including phenoxy) is 1. The van der Waals surface area contributed by atoms with Crippen molar-refractivity contribution in [2.24, 2.45) is 5.92 Å². The van der Waals surface area contributed by atoms with Gasteiger partial charge in [0, 0.05) is 23.1 Å². The van der Waals surface area contributed by atoms with Crippen LogP contribution in [-0.4, -0.2) is 18.0 Å². The van der Waals surface area contributed by atoms with Gasteiger partial charge in [-0.3, -0.25) is 4.79 Å². The maximum Gasteiger partial charge on any atom is 0.166 e. The lowest BCUT2D eigenvalue weighted by Gasteiger charge is -2.37. The Hall–Kier alpha value is -0.860. The standard InChI is InChI=1S/C16H19ClO2/c17-14-5-3-12(4-6-14)15(18)13-7-10-19-16(11-13)8-1-2-9-16/h3-6,13H,1-2,7-11H2. The van der Waals surface area contributed by atoms with E-state index >= 15 is 0 Å². The molecule has 1 aromatic carbocycles. The number of ketones is 1. The van der Waals surface area contributed by atoms with E-state index in [1.807, 2.05) is 12.1 Å². The molecule has 3 rings (SSSR count). The number of benzene rings is 1. The third kappa shape index (κ3) is 2.70. The first-order valence-electron chi connectivity index (χ1n) is 7.12. The molecule has 2 nitrogen and oxygen atoms in total. The first kappa shape index (κ1) is 13.1. The molecule has 102 valence electrons. The van der Waals surface area contributed by atoms with Crippen molar-refractivity contribution in [2.45, 2.75) is 44.1 Å². The molecule has 1 heterocycles. The first-order chi connectivity index (χ1) is 9.19. The van der Waals surface area contributed by atoms with Crippen molar-refractivity contribution in [1.29, 1.82) is 0 Å². The molecule has 2 aliphatic rings. The van der Waals surface area contributed by atoms with Crippen molar-refractivity contribution >= 4 is 17.4 Å². The number of halogens is 1. The molecule has 1 saturated carbocycles. The molecular weight excluding hydrogens is 260 g/mol. The summed E-state index contributed by atoms with van der Waals surface area (Å²) in [5.41, 5.74) is 0.787. The molecule has 0 bridgehead atoms. The largest absolute Gasteiger partial charge is 0.375 e. The van der Waals surface area contributed by atoms with E-state index in [4.69, 9.17) is 16.3 Å². The zero-order valence-electron chi connectivity index (χ0n) is 11.0. The van der Waals surface area contributed by atoms with Gasteiger partial charge in [-0.2, -0.15) is 0 Å². The van der Waals surface area contributed by atoms with Gasteiger partial charge in [0.15, 0.2) is 5.78 Å². The number of hydrogen-bond donors (Lipinski definition) is 0. The highest BCUT2D eigenvalue weighted by atomic mass is 35.5. The SMILES string of the molecule is O=C(c1ccc(Cl)cc1)C1CCOC2(CCCC2)C1. The topological polar surface area (TPSA) is 26.3 Å². The summed E-state index contributed by atoms with van der Waals surface area (Å²) in [6.45, 7) is 0.726. The molecular formula is C16H19ClO2. The molecule has 3 heteroatoms. The smallest absolute Gasteiger partial charge is 0.166 e. The van der Waals surface area contributed by atoms with Crippen LogP contribution < -0.4 is 0 Å². The average Bonchev–Trinajstić information content (AvgIpc) is 2.87. The number of rotatable bonds is 2. The minimum atomic E-state index is 0.00496. The maximum absolute atomic E-state index is 12.6. The van der Waals surface area contributed by atoms with Crippen LogP contribution >= 0.6 is 11.6 Å². The molecule has 1 aromatic rings. The van der Waals surface area contributed by atoms with Gasteiger partial charge in [0.25, 0.3) is 0 Å². The first-order valence-corrected chi connectivity index (χ1v) is 7.50. The summed E-state index contributed by atoms with van der Waals surface area (Å²) in [5.74, 6) is 0.374. The van der Waals surface area contributed by atoms with E-state index in [9.17, 15) is 4.79 Å². The molecule has 2 fully saturated rings. The Balaban J connectivity index is 1.74. The lowest BCUT2D eigenvalue weighted by Crippen LogP contribution is -2.39. The second kappa shape index (κ2) is 5.26. The fourth-order valence-electron chi connectivity index (χ4n) is 3.47. The van der Waals surface area contributed by atoms with E-state index in [0.29, 0.717) is 5.02 Å². The van der Waals surface area contributed by atoms with Crippen molar-refractivity contribution in [2.75, 3.05) is 6.61 Å². The zero-order chi connectivity index (χ0) is 13.3. The van der Waals surface area contributed by atoms with Crippen LogP contribution in [0.2, 0.25) is 5.02 Å². The summed E-state index contributed by atoms with van der Waals surface area (Å²) in [6, 6.07) is 7.25. The van der Waals surface area contributed by atoms with Crippen LogP contribution in [0, 0.1) is 5.92 Å². The van der Waals surface area contributed by atoms with E-state index < -0.39 is 0 Å².